The number of nitrogens with two attached hydrogens (primary N) is 1. The van der Waals surface area contributed by atoms with Gasteiger partial charge in [0.25, 0.3) is 5.91 Å². The fraction of sp³-hybridized carbons (Fsp3) is 0.345. The number of carbonyl (C=O) groups excluding carboxylic acids is 1. The van der Waals surface area contributed by atoms with Crippen LogP contribution in [-0.2, 0) is 0 Å². The minimum absolute atomic E-state index is 0. The van der Waals surface area contributed by atoms with Crippen LogP contribution < -0.4 is 11.1 Å². The van der Waals surface area contributed by atoms with E-state index in [1.165, 1.54) is 34.2 Å². The molecule has 0 aromatic heterocycles. The molecule has 36 heavy (non-hydrogen) atoms. The number of hydrogen-bond acceptors (Lipinski definition) is 4. The normalized spacial score (nSPS) is 15.4. The van der Waals surface area contributed by atoms with Crippen LogP contribution in [0.25, 0.3) is 11.1 Å². The molecule has 4 rings (SSSR count). The van der Waals surface area contributed by atoms with Gasteiger partial charge in [-0.2, -0.15) is 0 Å². The molecule has 0 spiro atoms. The van der Waals surface area contributed by atoms with E-state index in [0.717, 1.165) is 56.6 Å². The van der Waals surface area contributed by atoms with Gasteiger partial charge in [-0.05, 0) is 91.4 Å². The predicted molar refractivity (Wildman–Crippen MR) is 153 cm³/mol. The second-order valence-corrected chi connectivity index (χ2v) is 9.03. The van der Waals surface area contributed by atoms with Crippen molar-refractivity contribution < 1.29 is 4.79 Å². The van der Waals surface area contributed by atoms with Gasteiger partial charge in [-0.25, -0.2) is 0 Å². The van der Waals surface area contributed by atoms with Gasteiger partial charge in [-0.15, -0.1) is 0 Å². The lowest BCUT2D eigenvalue weighted by Gasteiger charge is -2.24. The summed E-state index contributed by atoms with van der Waals surface area (Å²) in [6.45, 7) is 7.87. The summed E-state index contributed by atoms with van der Waals surface area (Å²) >= 11 is 0. The van der Waals surface area contributed by atoms with E-state index in [4.69, 9.17) is 10.8 Å². The SMILES string of the molecule is C.Cc1cc(NC(=O)c2ccc(C3=CCN(C=N)CC3)c(C)c2)ccc1C1=CCN(C)CC1.N=CN. The van der Waals surface area contributed by atoms with Crippen LogP contribution >= 0.6 is 0 Å². The lowest BCUT2D eigenvalue weighted by atomic mass is 9.94. The summed E-state index contributed by atoms with van der Waals surface area (Å²) < 4.78 is 0. The van der Waals surface area contributed by atoms with Gasteiger partial charge in [0.1, 0.15) is 0 Å². The van der Waals surface area contributed by atoms with Crippen LogP contribution in [0.1, 0.15) is 52.9 Å². The Morgan fingerprint density at radius 2 is 1.53 bits per heavy atom. The molecule has 2 aliphatic rings. The van der Waals surface area contributed by atoms with Crippen molar-refractivity contribution in [2.45, 2.75) is 34.1 Å². The Kier molecular flexibility index (Phi) is 10.6. The van der Waals surface area contributed by atoms with Crippen LogP contribution in [0.5, 0.6) is 0 Å². The number of benzene rings is 2. The summed E-state index contributed by atoms with van der Waals surface area (Å²) in [5, 5.41) is 16.3. The molecule has 2 aliphatic heterocycles. The van der Waals surface area contributed by atoms with Crippen molar-refractivity contribution in [1.82, 2.24) is 9.80 Å². The summed E-state index contributed by atoms with van der Waals surface area (Å²) in [6, 6.07) is 12.1. The van der Waals surface area contributed by atoms with Gasteiger partial charge in [0, 0.05) is 37.4 Å². The zero-order chi connectivity index (χ0) is 25.4. The fourth-order valence-corrected chi connectivity index (χ4v) is 4.53. The van der Waals surface area contributed by atoms with E-state index in [1.54, 1.807) is 0 Å². The van der Waals surface area contributed by atoms with E-state index < -0.39 is 0 Å². The van der Waals surface area contributed by atoms with Crippen LogP contribution in [0.3, 0.4) is 0 Å². The second kappa shape index (κ2) is 13.4. The van der Waals surface area contributed by atoms with Crippen molar-refractivity contribution in [3.05, 3.63) is 76.4 Å². The molecular formula is C29H40N6O. The molecule has 192 valence electrons. The van der Waals surface area contributed by atoms with Gasteiger partial charge in [0.05, 0.1) is 12.7 Å². The third kappa shape index (κ3) is 7.15. The topological polar surface area (TPSA) is 109 Å². The van der Waals surface area contributed by atoms with E-state index in [1.807, 2.05) is 23.1 Å². The standard InChI is InChI=1S/C27H32N4O.CH4N2.CH4/c1-19-16-23(4-6-25(19)22-10-14-31(18-28)15-11-22)27(32)29-24-5-7-26(20(2)17-24)21-8-12-30(3)13-9-21;2-1-3;/h4-8,10,16-18,28H,9,11-15H2,1-3H3,(H,29,32);1H,(H3,2,3);1H4. The van der Waals surface area contributed by atoms with E-state index in [9.17, 15) is 4.79 Å². The van der Waals surface area contributed by atoms with Crippen molar-refractivity contribution in [3.8, 4) is 0 Å². The smallest absolute Gasteiger partial charge is 0.255 e. The first-order chi connectivity index (χ1) is 16.9. The predicted octanol–water partition coefficient (Wildman–Crippen LogP) is 5.16. The Labute approximate surface area is 215 Å². The highest BCUT2D eigenvalue weighted by Gasteiger charge is 2.15. The maximum Gasteiger partial charge on any atom is 0.255 e. The average Bonchev–Trinajstić information content (AvgIpc) is 2.85. The molecule has 0 saturated carbocycles. The number of rotatable bonds is 5. The summed E-state index contributed by atoms with van der Waals surface area (Å²) in [5.41, 5.74) is 13.3. The van der Waals surface area contributed by atoms with Crippen LogP contribution in [0, 0.1) is 24.7 Å². The molecule has 0 unspecified atom stereocenters. The highest BCUT2D eigenvalue weighted by Crippen LogP contribution is 2.28. The number of likely N-dealkylation sites (N-methyl/N-ethyl adjacent to an activating group) is 1. The molecular weight excluding hydrogens is 448 g/mol. The maximum absolute atomic E-state index is 12.9. The highest BCUT2D eigenvalue weighted by molar-refractivity contribution is 6.04. The molecule has 7 nitrogen and oxygen atoms in total. The third-order valence-corrected chi connectivity index (χ3v) is 6.50. The van der Waals surface area contributed by atoms with Crippen molar-refractivity contribution in [1.29, 1.82) is 10.8 Å². The van der Waals surface area contributed by atoms with Crippen molar-refractivity contribution in [2.24, 2.45) is 5.73 Å². The molecule has 1 amide bonds. The number of anilines is 1. The zero-order valence-electron chi connectivity index (χ0n) is 20.9. The summed E-state index contributed by atoms with van der Waals surface area (Å²) in [5.74, 6) is -0.0853. The van der Waals surface area contributed by atoms with Crippen molar-refractivity contribution in [3.63, 3.8) is 0 Å². The Hall–Kier alpha value is -3.71. The number of hydrogen-bond donors (Lipinski definition) is 4. The quantitative estimate of drug-likeness (QED) is 0.344. The summed E-state index contributed by atoms with van der Waals surface area (Å²) in [7, 11) is 2.14. The molecule has 7 heteroatoms. The van der Waals surface area contributed by atoms with E-state index in [0.29, 0.717) is 5.56 Å². The second-order valence-electron chi connectivity index (χ2n) is 9.03. The molecule has 5 N–H and O–H groups in total. The fourth-order valence-electron chi connectivity index (χ4n) is 4.53. The average molecular weight is 489 g/mol. The molecule has 0 atom stereocenters. The number of nitrogens with zero attached hydrogens (tertiary/aromatic N) is 2. The van der Waals surface area contributed by atoms with Crippen molar-refractivity contribution >= 4 is 35.4 Å². The molecule has 0 radical (unpaired) electrons. The van der Waals surface area contributed by atoms with Crippen LogP contribution in [0.2, 0.25) is 0 Å². The van der Waals surface area contributed by atoms with Gasteiger partial charge < -0.3 is 20.9 Å². The number of amides is 1. The van der Waals surface area contributed by atoms with E-state index in [-0.39, 0.29) is 13.3 Å². The van der Waals surface area contributed by atoms with E-state index >= 15 is 0 Å². The largest absolute Gasteiger partial charge is 0.390 e. The number of carbonyl (C=O) groups is 1. The first-order valence-electron chi connectivity index (χ1n) is 11.9. The van der Waals surface area contributed by atoms with Crippen LogP contribution in [0.4, 0.5) is 5.69 Å². The Morgan fingerprint density at radius 1 is 0.944 bits per heavy atom. The molecule has 0 fully saturated rings. The molecule has 2 aromatic carbocycles. The molecule has 0 aliphatic carbocycles. The summed E-state index contributed by atoms with van der Waals surface area (Å²) in [4.78, 5) is 17.2. The molecule has 0 saturated heterocycles. The minimum Gasteiger partial charge on any atom is -0.390 e. The Bertz CT molecular complexity index is 1150. The molecule has 2 heterocycles. The Morgan fingerprint density at radius 3 is 2.03 bits per heavy atom. The Balaban J connectivity index is 0.00000109. The van der Waals surface area contributed by atoms with Crippen LogP contribution in [0.15, 0.2) is 48.6 Å². The molecule has 2 aromatic rings. The molecule has 0 bridgehead atoms. The number of aryl methyl sites for hydroxylation is 2. The van der Waals surface area contributed by atoms with E-state index in [2.05, 4.69) is 67.2 Å². The first-order valence-corrected chi connectivity index (χ1v) is 11.9. The van der Waals surface area contributed by atoms with Gasteiger partial charge in [-0.3, -0.25) is 15.6 Å². The van der Waals surface area contributed by atoms with Crippen molar-refractivity contribution in [2.75, 3.05) is 38.5 Å². The highest BCUT2D eigenvalue weighted by atomic mass is 16.1. The first kappa shape index (κ1) is 28.5. The van der Waals surface area contributed by atoms with Gasteiger partial charge in [0.15, 0.2) is 0 Å². The van der Waals surface area contributed by atoms with Gasteiger partial charge in [0.2, 0.25) is 0 Å². The zero-order valence-corrected chi connectivity index (χ0v) is 20.9. The van der Waals surface area contributed by atoms with Gasteiger partial charge in [-0.1, -0.05) is 31.7 Å². The minimum atomic E-state index is -0.0853. The van der Waals surface area contributed by atoms with Crippen LogP contribution in [-0.4, -0.2) is 61.6 Å². The summed E-state index contributed by atoms with van der Waals surface area (Å²) in [6.07, 6.45) is 8.61. The third-order valence-electron chi connectivity index (χ3n) is 6.50. The monoisotopic (exact) mass is 488 g/mol. The number of nitrogens with one attached hydrogen (secondary N) is 3. The maximum atomic E-state index is 12.9. The van der Waals surface area contributed by atoms with Gasteiger partial charge >= 0.3 is 0 Å². The lowest BCUT2D eigenvalue weighted by molar-refractivity contribution is 0.102. The lowest BCUT2D eigenvalue weighted by Crippen LogP contribution is -2.26.